The Morgan fingerprint density at radius 1 is 1.03 bits per heavy atom. The molecule has 1 amide bonds. The number of unbranched alkanes of at least 4 members (excludes halogenated alkanes) is 1. The Bertz CT molecular complexity index is 1140. The van der Waals surface area contributed by atoms with Gasteiger partial charge in [0.15, 0.2) is 5.43 Å². The third kappa shape index (κ3) is 4.08. The highest BCUT2D eigenvalue weighted by Crippen LogP contribution is 2.39. The van der Waals surface area contributed by atoms with Gasteiger partial charge in [0.1, 0.15) is 11.3 Å². The number of carbonyl (C=O) groups is 1. The van der Waals surface area contributed by atoms with E-state index < -0.39 is 6.04 Å². The molecule has 2 aromatic carbocycles. The van der Waals surface area contributed by atoms with E-state index in [0.29, 0.717) is 42.7 Å². The predicted molar refractivity (Wildman–Crippen MR) is 119 cm³/mol. The third-order valence-electron chi connectivity index (χ3n) is 5.56. The van der Waals surface area contributed by atoms with E-state index in [0.717, 1.165) is 24.2 Å². The number of para-hydroxylation sites is 1. The van der Waals surface area contributed by atoms with Gasteiger partial charge < -0.3 is 18.8 Å². The number of methoxy groups -OCH3 is 1. The zero-order chi connectivity index (χ0) is 21.8. The summed E-state index contributed by atoms with van der Waals surface area (Å²) < 4.78 is 17.0. The molecule has 0 saturated heterocycles. The quantitative estimate of drug-likeness (QED) is 0.474. The molecule has 162 valence electrons. The second kappa shape index (κ2) is 9.35. The van der Waals surface area contributed by atoms with Gasteiger partial charge >= 0.3 is 0 Å². The topological polar surface area (TPSA) is 69.0 Å². The van der Waals surface area contributed by atoms with Crippen LogP contribution in [0.25, 0.3) is 11.0 Å². The summed E-state index contributed by atoms with van der Waals surface area (Å²) >= 11 is 0. The highest BCUT2D eigenvalue weighted by molar-refractivity contribution is 5.99. The number of fused-ring (bicyclic) bond motifs is 2. The van der Waals surface area contributed by atoms with Crippen molar-refractivity contribution in [3.8, 4) is 5.75 Å². The lowest BCUT2D eigenvalue weighted by molar-refractivity contribution is 0.0707. The van der Waals surface area contributed by atoms with Gasteiger partial charge in [-0.25, -0.2) is 0 Å². The van der Waals surface area contributed by atoms with Crippen LogP contribution in [0.1, 0.15) is 53.9 Å². The van der Waals surface area contributed by atoms with Gasteiger partial charge in [-0.05, 0) is 42.7 Å². The molecule has 6 heteroatoms. The van der Waals surface area contributed by atoms with Gasteiger partial charge in [0, 0.05) is 20.3 Å². The van der Waals surface area contributed by atoms with E-state index in [1.807, 2.05) is 24.3 Å². The number of amides is 1. The molecule has 0 fully saturated rings. The largest absolute Gasteiger partial charge is 0.494 e. The first kappa shape index (κ1) is 21.1. The van der Waals surface area contributed by atoms with Gasteiger partial charge in [-0.2, -0.15) is 0 Å². The van der Waals surface area contributed by atoms with Gasteiger partial charge in [-0.15, -0.1) is 0 Å². The van der Waals surface area contributed by atoms with E-state index in [2.05, 4.69) is 6.92 Å². The fourth-order valence-corrected chi connectivity index (χ4v) is 4.03. The van der Waals surface area contributed by atoms with Crippen molar-refractivity contribution in [3.63, 3.8) is 0 Å². The van der Waals surface area contributed by atoms with Crippen LogP contribution in [0.2, 0.25) is 0 Å². The normalized spacial score (nSPS) is 15.5. The summed E-state index contributed by atoms with van der Waals surface area (Å²) in [7, 11) is 1.63. The molecule has 1 aliphatic rings. The van der Waals surface area contributed by atoms with Crippen molar-refractivity contribution in [2.24, 2.45) is 0 Å². The number of benzene rings is 2. The molecular formula is C25H27NO5. The lowest BCUT2D eigenvalue weighted by atomic mass is 9.98. The second-order valence-corrected chi connectivity index (χ2v) is 7.69. The number of carbonyl (C=O) groups excluding carboxylic acids is 1. The van der Waals surface area contributed by atoms with Crippen molar-refractivity contribution in [1.82, 2.24) is 4.90 Å². The molecule has 1 aromatic heterocycles. The highest BCUT2D eigenvalue weighted by Gasteiger charge is 2.42. The molecule has 0 saturated carbocycles. The van der Waals surface area contributed by atoms with Gasteiger partial charge in [-0.1, -0.05) is 37.6 Å². The van der Waals surface area contributed by atoms with Crippen molar-refractivity contribution in [2.45, 2.75) is 32.2 Å². The number of hydrogen-bond acceptors (Lipinski definition) is 5. The molecule has 1 atom stereocenters. The Morgan fingerprint density at radius 3 is 2.68 bits per heavy atom. The zero-order valence-corrected chi connectivity index (χ0v) is 17.9. The van der Waals surface area contributed by atoms with Crippen molar-refractivity contribution in [3.05, 3.63) is 75.6 Å². The fourth-order valence-electron chi connectivity index (χ4n) is 4.03. The summed E-state index contributed by atoms with van der Waals surface area (Å²) in [5.74, 6) is 0.591. The molecule has 1 unspecified atom stereocenters. The fraction of sp³-hybridized carbons (Fsp3) is 0.360. The van der Waals surface area contributed by atoms with Crippen molar-refractivity contribution < 1.29 is 18.7 Å². The lowest BCUT2D eigenvalue weighted by Crippen LogP contribution is -2.31. The smallest absolute Gasteiger partial charge is 0.290 e. The maximum atomic E-state index is 13.4. The average Bonchev–Trinajstić information content (AvgIpc) is 3.07. The SMILES string of the molecule is CCCCOc1cccc(C2c3c(oc4ccccc4c3=O)C(=O)N2CCCOC)c1. The molecule has 31 heavy (non-hydrogen) atoms. The summed E-state index contributed by atoms with van der Waals surface area (Å²) in [5.41, 5.74) is 1.49. The number of ether oxygens (including phenoxy) is 2. The Labute approximate surface area is 181 Å². The number of rotatable bonds is 9. The first-order chi connectivity index (χ1) is 15.2. The Balaban J connectivity index is 1.80. The van der Waals surface area contributed by atoms with Crippen LogP contribution in [-0.2, 0) is 4.74 Å². The van der Waals surface area contributed by atoms with Gasteiger partial charge in [0.2, 0.25) is 5.76 Å². The molecule has 0 aliphatic carbocycles. The molecule has 0 radical (unpaired) electrons. The van der Waals surface area contributed by atoms with Crippen molar-refractivity contribution in [2.75, 3.05) is 26.9 Å². The van der Waals surface area contributed by atoms with Crippen LogP contribution < -0.4 is 10.2 Å². The monoisotopic (exact) mass is 421 g/mol. The van der Waals surface area contributed by atoms with E-state index in [9.17, 15) is 9.59 Å². The molecule has 6 nitrogen and oxygen atoms in total. The second-order valence-electron chi connectivity index (χ2n) is 7.69. The molecule has 1 aliphatic heterocycles. The Hall–Kier alpha value is -3.12. The lowest BCUT2D eigenvalue weighted by Gasteiger charge is -2.25. The zero-order valence-electron chi connectivity index (χ0n) is 17.9. The predicted octanol–water partition coefficient (Wildman–Crippen LogP) is 4.55. The minimum Gasteiger partial charge on any atom is -0.494 e. The first-order valence-electron chi connectivity index (χ1n) is 10.7. The number of nitrogens with zero attached hydrogens (tertiary/aromatic N) is 1. The molecular weight excluding hydrogens is 394 g/mol. The van der Waals surface area contributed by atoms with E-state index in [-0.39, 0.29) is 17.1 Å². The van der Waals surface area contributed by atoms with E-state index in [1.54, 1.807) is 36.3 Å². The minimum absolute atomic E-state index is 0.128. The van der Waals surface area contributed by atoms with Crippen LogP contribution in [0.15, 0.2) is 57.7 Å². The van der Waals surface area contributed by atoms with Crippen molar-refractivity contribution in [1.29, 1.82) is 0 Å². The molecule has 3 aromatic rings. The maximum absolute atomic E-state index is 13.4. The summed E-state index contributed by atoms with van der Waals surface area (Å²) in [4.78, 5) is 28.4. The van der Waals surface area contributed by atoms with Crippen LogP contribution in [0.5, 0.6) is 5.75 Å². The maximum Gasteiger partial charge on any atom is 0.290 e. The molecule has 0 N–H and O–H groups in total. The minimum atomic E-state index is -0.519. The third-order valence-corrected chi connectivity index (χ3v) is 5.56. The Kier molecular flexibility index (Phi) is 6.37. The summed E-state index contributed by atoms with van der Waals surface area (Å²) in [6.45, 7) is 3.72. The van der Waals surface area contributed by atoms with Crippen LogP contribution >= 0.6 is 0 Å². The number of hydrogen-bond donors (Lipinski definition) is 0. The van der Waals surface area contributed by atoms with Crippen LogP contribution in [-0.4, -0.2) is 37.7 Å². The van der Waals surface area contributed by atoms with Crippen LogP contribution in [0, 0.1) is 0 Å². The summed E-state index contributed by atoms with van der Waals surface area (Å²) in [6.07, 6.45) is 2.67. The van der Waals surface area contributed by atoms with E-state index in [4.69, 9.17) is 13.9 Å². The van der Waals surface area contributed by atoms with Crippen molar-refractivity contribution >= 4 is 16.9 Å². The van der Waals surface area contributed by atoms with E-state index >= 15 is 0 Å². The molecule has 0 spiro atoms. The standard InChI is InChI=1S/C25H27NO5/c1-3-4-15-30-18-10-7-9-17(16-18)22-21-23(27)19-11-5-6-12-20(19)31-24(21)25(28)26(22)13-8-14-29-2/h5-7,9-12,16,22H,3-4,8,13-15H2,1-2H3. The molecule has 2 heterocycles. The van der Waals surface area contributed by atoms with Gasteiger partial charge in [0.05, 0.1) is 23.6 Å². The average molecular weight is 421 g/mol. The van der Waals surface area contributed by atoms with E-state index in [1.165, 1.54) is 0 Å². The molecule has 0 bridgehead atoms. The first-order valence-corrected chi connectivity index (χ1v) is 10.7. The van der Waals surface area contributed by atoms with Gasteiger partial charge in [0.25, 0.3) is 5.91 Å². The van der Waals surface area contributed by atoms with Crippen LogP contribution in [0.4, 0.5) is 0 Å². The van der Waals surface area contributed by atoms with Crippen LogP contribution in [0.3, 0.4) is 0 Å². The summed E-state index contributed by atoms with van der Waals surface area (Å²) in [6, 6.07) is 14.2. The Morgan fingerprint density at radius 2 is 1.87 bits per heavy atom. The molecule has 4 rings (SSSR count). The highest BCUT2D eigenvalue weighted by atomic mass is 16.5. The van der Waals surface area contributed by atoms with Gasteiger partial charge in [-0.3, -0.25) is 9.59 Å². The summed E-state index contributed by atoms with van der Waals surface area (Å²) in [5, 5.41) is 0.480.